The topological polar surface area (TPSA) is 35.2 Å². The van der Waals surface area contributed by atoms with Crippen molar-refractivity contribution in [3.8, 4) is 0 Å². The second-order valence-electron chi connectivity index (χ2n) is 2.30. The van der Waals surface area contributed by atoms with E-state index in [2.05, 4.69) is 4.74 Å². The van der Waals surface area contributed by atoms with E-state index in [0.717, 1.165) is 0 Å². The molecule has 0 saturated heterocycles. The van der Waals surface area contributed by atoms with Crippen molar-refractivity contribution < 1.29 is 26.7 Å². The zero-order chi connectivity index (χ0) is 9.99. The van der Waals surface area contributed by atoms with Crippen LogP contribution in [0.2, 0.25) is 0 Å². The average molecular weight is 193 g/mol. The van der Waals surface area contributed by atoms with Crippen LogP contribution in [0.5, 0.6) is 0 Å². The van der Waals surface area contributed by atoms with Gasteiger partial charge in [0.15, 0.2) is 0 Å². The van der Waals surface area contributed by atoms with E-state index in [4.69, 9.17) is 5.73 Å². The Morgan fingerprint density at radius 3 is 1.92 bits per heavy atom. The van der Waals surface area contributed by atoms with E-state index in [1.165, 1.54) is 6.92 Å². The van der Waals surface area contributed by atoms with Crippen LogP contribution in [0, 0.1) is 0 Å². The predicted octanol–water partition coefficient (Wildman–Crippen LogP) is 1.51. The minimum absolute atomic E-state index is 0.841. The van der Waals surface area contributed by atoms with E-state index in [-0.39, 0.29) is 0 Å². The molecule has 0 aromatic rings. The fraction of sp³-hybridized carbons (Fsp3) is 1.00. The van der Waals surface area contributed by atoms with Gasteiger partial charge in [0.2, 0.25) is 0 Å². The maximum absolute atomic E-state index is 11.9. The maximum atomic E-state index is 11.9. The zero-order valence-electron chi connectivity index (χ0n) is 6.16. The van der Waals surface area contributed by atoms with Gasteiger partial charge in [-0.15, -0.1) is 0 Å². The van der Waals surface area contributed by atoms with Crippen molar-refractivity contribution >= 4 is 0 Å². The molecule has 2 N–H and O–H groups in total. The lowest BCUT2D eigenvalue weighted by molar-refractivity contribution is -0.391. The van der Waals surface area contributed by atoms with Crippen molar-refractivity contribution in [3.05, 3.63) is 0 Å². The number of nitrogens with two attached hydrogens (primary N) is 1. The van der Waals surface area contributed by atoms with Crippen molar-refractivity contribution in [2.45, 2.75) is 25.3 Å². The first-order valence-corrected chi connectivity index (χ1v) is 3.01. The Kier molecular flexibility index (Phi) is 3.40. The molecule has 0 saturated carbocycles. The highest BCUT2D eigenvalue weighted by molar-refractivity contribution is 4.65. The highest BCUT2D eigenvalue weighted by atomic mass is 19.4. The number of halogens is 5. The molecule has 0 aliphatic heterocycles. The summed E-state index contributed by atoms with van der Waals surface area (Å²) in [5.74, 6) is 0. The van der Waals surface area contributed by atoms with E-state index in [1.807, 2.05) is 0 Å². The number of rotatable bonds is 3. The molecule has 0 bridgehead atoms. The number of ether oxygens (including phenoxy) is 1. The molecule has 12 heavy (non-hydrogen) atoms. The van der Waals surface area contributed by atoms with Crippen LogP contribution < -0.4 is 5.73 Å². The third-order valence-electron chi connectivity index (χ3n) is 0.858. The van der Waals surface area contributed by atoms with Gasteiger partial charge >= 0.3 is 12.3 Å². The Balaban J connectivity index is 4.05. The lowest BCUT2D eigenvalue weighted by Crippen LogP contribution is -2.41. The molecule has 0 aliphatic carbocycles. The molecule has 0 spiro atoms. The second-order valence-corrected chi connectivity index (χ2v) is 2.30. The van der Waals surface area contributed by atoms with Crippen LogP contribution in [0.3, 0.4) is 0 Å². The summed E-state index contributed by atoms with van der Waals surface area (Å²) in [6, 6.07) is -0.863. The fourth-order valence-electron chi connectivity index (χ4n) is 0.318. The van der Waals surface area contributed by atoms with Crippen molar-refractivity contribution in [3.63, 3.8) is 0 Å². The highest BCUT2D eigenvalue weighted by Gasteiger charge is 2.59. The molecule has 1 unspecified atom stereocenters. The predicted molar refractivity (Wildman–Crippen MR) is 30.6 cm³/mol. The number of hydrogen-bond donors (Lipinski definition) is 1. The molecule has 2 nitrogen and oxygen atoms in total. The van der Waals surface area contributed by atoms with E-state index in [0.29, 0.717) is 0 Å². The summed E-state index contributed by atoms with van der Waals surface area (Å²) in [6.07, 6.45) is -10.8. The Morgan fingerprint density at radius 1 is 1.25 bits per heavy atom. The summed E-state index contributed by atoms with van der Waals surface area (Å²) in [7, 11) is 0. The summed E-state index contributed by atoms with van der Waals surface area (Å²) >= 11 is 0. The van der Waals surface area contributed by atoms with Gasteiger partial charge in [-0.3, -0.25) is 0 Å². The maximum Gasteiger partial charge on any atom is 0.482 e. The van der Waals surface area contributed by atoms with Gasteiger partial charge in [0.25, 0.3) is 0 Å². The summed E-state index contributed by atoms with van der Waals surface area (Å²) in [4.78, 5) is 0. The van der Waals surface area contributed by atoms with Crippen LogP contribution in [-0.2, 0) is 4.74 Å². The smallest absolute Gasteiger partial charge is 0.326 e. The van der Waals surface area contributed by atoms with E-state index in [9.17, 15) is 22.0 Å². The number of hydrogen-bond acceptors (Lipinski definition) is 2. The molecule has 7 heteroatoms. The van der Waals surface area contributed by atoms with Crippen LogP contribution in [0.15, 0.2) is 0 Å². The molecule has 1 atom stereocenters. The third-order valence-corrected chi connectivity index (χ3v) is 0.858. The van der Waals surface area contributed by atoms with Crippen LogP contribution in [0.4, 0.5) is 22.0 Å². The van der Waals surface area contributed by atoms with Crippen molar-refractivity contribution in [1.82, 2.24) is 0 Å². The van der Waals surface area contributed by atoms with Crippen molar-refractivity contribution in [1.29, 1.82) is 0 Å². The molecule has 0 heterocycles. The zero-order valence-corrected chi connectivity index (χ0v) is 6.16. The Morgan fingerprint density at radius 2 is 1.67 bits per heavy atom. The molecule has 0 fully saturated rings. The van der Waals surface area contributed by atoms with Gasteiger partial charge in [-0.25, -0.2) is 0 Å². The quantitative estimate of drug-likeness (QED) is 0.689. The molecule has 0 rings (SSSR count). The number of alkyl halides is 5. The van der Waals surface area contributed by atoms with Gasteiger partial charge in [-0.05, 0) is 6.92 Å². The largest absolute Gasteiger partial charge is 0.482 e. The van der Waals surface area contributed by atoms with Gasteiger partial charge in [0.05, 0.1) is 6.61 Å². The molecule has 0 aromatic heterocycles. The fourth-order valence-corrected chi connectivity index (χ4v) is 0.318. The first kappa shape index (κ1) is 11.6. The summed E-state index contributed by atoms with van der Waals surface area (Å²) in [6.45, 7) is 0.416. The summed E-state index contributed by atoms with van der Waals surface area (Å²) < 4.78 is 61.2. The second kappa shape index (κ2) is 3.53. The molecule has 74 valence electrons. The monoisotopic (exact) mass is 193 g/mol. The van der Waals surface area contributed by atoms with Crippen LogP contribution >= 0.6 is 0 Å². The van der Waals surface area contributed by atoms with Gasteiger partial charge in [-0.2, -0.15) is 22.0 Å². The highest BCUT2D eigenvalue weighted by Crippen LogP contribution is 2.36. The average Bonchev–Trinajstić information content (AvgIpc) is 1.81. The van der Waals surface area contributed by atoms with Gasteiger partial charge in [0.1, 0.15) is 0 Å². The lowest BCUT2D eigenvalue weighted by atomic mass is 10.4. The first-order chi connectivity index (χ1) is 5.17. The molecule has 0 aliphatic rings. The lowest BCUT2D eigenvalue weighted by Gasteiger charge is -2.20. The third kappa shape index (κ3) is 3.31. The van der Waals surface area contributed by atoms with Gasteiger partial charge < -0.3 is 10.5 Å². The summed E-state index contributed by atoms with van der Waals surface area (Å²) in [5.41, 5.74) is 4.92. The Bertz CT molecular complexity index is 143. The van der Waals surface area contributed by atoms with Crippen LogP contribution in [0.25, 0.3) is 0 Å². The standard InChI is InChI=1S/C5H8F5NO/c1-3(11)2-12-5(9,10)4(6,7)8/h3H,2,11H2,1H3. The molecule has 0 amide bonds. The Labute approximate surface area is 65.5 Å². The Hall–Kier alpha value is -0.430. The van der Waals surface area contributed by atoms with Gasteiger partial charge in [0, 0.05) is 6.04 Å². The van der Waals surface area contributed by atoms with Crippen molar-refractivity contribution in [2.24, 2.45) is 5.73 Å². The van der Waals surface area contributed by atoms with E-state index < -0.39 is 24.9 Å². The SMILES string of the molecule is CC(N)COC(F)(F)C(F)(F)F. The normalized spacial score (nSPS) is 16.2. The first-order valence-electron chi connectivity index (χ1n) is 3.01. The molecule has 0 radical (unpaired) electrons. The minimum Gasteiger partial charge on any atom is -0.326 e. The van der Waals surface area contributed by atoms with E-state index in [1.54, 1.807) is 0 Å². The molecule has 0 aromatic carbocycles. The summed E-state index contributed by atoms with van der Waals surface area (Å²) in [5, 5.41) is 0. The molecular formula is C5H8F5NO. The van der Waals surface area contributed by atoms with E-state index >= 15 is 0 Å². The van der Waals surface area contributed by atoms with Crippen molar-refractivity contribution in [2.75, 3.05) is 6.61 Å². The molecular weight excluding hydrogens is 185 g/mol. The van der Waals surface area contributed by atoms with Gasteiger partial charge in [-0.1, -0.05) is 0 Å². The van der Waals surface area contributed by atoms with Crippen LogP contribution in [-0.4, -0.2) is 24.9 Å². The minimum atomic E-state index is -5.68. The van der Waals surface area contributed by atoms with Crippen LogP contribution in [0.1, 0.15) is 6.92 Å².